The smallest absolute Gasteiger partial charge is 0.122 e. The van der Waals surface area contributed by atoms with E-state index in [9.17, 15) is 0 Å². The van der Waals surface area contributed by atoms with E-state index in [1.54, 1.807) is 24.3 Å². The van der Waals surface area contributed by atoms with Crippen LogP contribution in [0.4, 0.5) is 0 Å². The van der Waals surface area contributed by atoms with E-state index in [0.717, 1.165) is 17.9 Å². The first-order chi connectivity index (χ1) is 12.0. The molecule has 0 bridgehead atoms. The summed E-state index contributed by atoms with van der Waals surface area (Å²) in [4.78, 5) is 0. The number of hydrogen-bond donors (Lipinski definition) is 4. The lowest BCUT2D eigenvalue weighted by molar-refractivity contribution is 0.256. The molecule has 3 rings (SSSR count). The standard InChI is InChI=1S/C19H22N4O2/c20-18(21)12-1-5-16(6-2-12)24-10-14-9-15(14)11-25-17-7-3-13(4-8-17)19(22)23/h1-8,14-15H,9-11H2,(H3,20,21)(H3,22,23)/t14-,15-/m1/s1. The average molecular weight is 338 g/mol. The maximum Gasteiger partial charge on any atom is 0.122 e. The van der Waals surface area contributed by atoms with Gasteiger partial charge in [-0.1, -0.05) is 0 Å². The highest BCUT2D eigenvalue weighted by molar-refractivity contribution is 5.95. The van der Waals surface area contributed by atoms with Crippen LogP contribution in [-0.2, 0) is 0 Å². The van der Waals surface area contributed by atoms with Crippen molar-refractivity contribution in [2.24, 2.45) is 23.3 Å². The number of hydrogen-bond acceptors (Lipinski definition) is 4. The van der Waals surface area contributed by atoms with Gasteiger partial charge in [0.25, 0.3) is 0 Å². The van der Waals surface area contributed by atoms with Gasteiger partial charge in [-0.15, -0.1) is 0 Å². The molecule has 2 atom stereocenters. The van der Waals surface area contributed by atoms with Gasteiger partial charge in [0.1, 0.15) is 23.2 Å². The van der Waals surface area contributed by atoms with Crippen LogP contribution in [-0.4, -0.2) is 24.9 Å². The van der Waals surface area contributed by atoms with E-state index >= 15 is 0 Å². The molecule has 130 valence electrons. The summed E-state index contributed by atoms with van der Waals surface area (Å²) in [5.41, 5.74) is 12.3. The maximum atomic E-state index is 7.37. The Morgan fingerprint density at radius 3 is 1.44 bits per heavy atom. The molecule has 6 heteroatoms. The van der Waals surface area contributed by atoms with Crippen LogP contribution in [0.15, 0.2) is 48.5 Å². The molecule has 0 heterocycles. The van der Waals surface area contributed by atoms with Gasteiger partial charge in [0, 0.05) is 11.1 Å². The van der Waals surface area contributed by atoms with Crippen LogP contribution in [0.25, 0.3) is 0 Å². The van der Waals surface area contributed by atoms with Crippen molar-refractivity contribution in [2.75, 3.05) is 13.2 Å². The van der Waals surface area contributed by atoms with Crippen molar-refractivity contribution in [1.29, 1.82) is 10.8 Å². The van der Waals surface area contributed by atoms with Gasteiger partial charge < -0.3 is 20.9 Å². The van der Waals surface area contributed by atoms with E-state index in [1.807, 2.05) is 24.3 Å². The summed E-state index contributed by atoms with van der Waals surface area (Å²) in [6.45, 7) is 1.33. The highest BCUT2D eigenvalue weighted by Crippen LogP contribution is 2.39. The van der Waals surface area contributed by atoms with Crippen molar-refractivity contribution >= 4 is 11.7 Å². The second-order valence-corrected chi connectivity index (χ2v) is 6.25. The minimum Gasteiger partial charge on any atom is -0.493 e. The molecule has 0 saturated heterocycles. The molecule has 0 amide bonds. The van der Waals surface area contributed by atoms with Gasteiger partial charge in [-0.3, -0.25) is 10.8 Å². The van der Waals surface area contributed by atoms with Gasteiger partial charge in [0.15, 0.2) is 0 Å². The van der Waals surface area contributed by atoms with Gasteiger partial charge in [0.2, 0.25) is 0 Å². The van der Waals surface area contributed by atoms with Crippen molar-refractivity contribution in [3.63, 3.8) is 0 Å². The third-order valence-corrected chi connectivity index (χ3v) is 4.33. The Hall–Kier alpha value is -3.02. The number of amidine groups is 2. The first-order valence-corrected chi connectivity index (χ1v) is 8.17. The maximum absolute atomic E-state index is 7.37. The molecule has 6 N–H and O–H groups in total. The topological polar surface area (TPSA) is 118 Å². The monoisotopic (exact) mass is 338 g/mol. The fourth-order valence-corrected chi connectivity index (χ4v) is 2.59. The van der Waals surface area contributed by atoms with Gasteiger partial charge in [-0.25, -0.2) is 0 Å². The normalized spacial score (nSPS) is 18.4. The molecule has 0 unspecified atom stereocenters. The Balaban J connectivity index is 1.39. The molecule has 0 radical (unpaired) electrons. The van der Waals surface area contributed by atoms with Crippen LogP contribution in [0.5, 0.6) is 11.5 Å². The third kappa shape index (κ3) is 4.50. The van der Waals surface area contributed by atoms with Crippen LogP contribution in [0.3, 0.4) is 0 Å². The lowest BCUT2D eigenvalue weighted by Crippen LogP contribution is -2.11. The minimum absolute atomic E-state index is 0.0577. The molecule has 0 aromatic heterocycles. The van der Waals surface area contributed by atoms with Crippen LogP contribution < -0.4 is 20.9 Å². The number of nitrogen functional groups attached to an aromatic ring is 2. The third-order valence-electron chi connectivity index (χ3n) is 4.33. The molecule has 6 nitrogen and oxygen atoms in total. The Kier molecular flexibility index (Phi) is 4.88. The Bertz CT molecular complexity index is 690. The van der Waals surface area contributed by atoms with Crippen molar-refractivity contribution in [3.05, 3.63) is 59.7 Å². The number of benzene rings is 2. The summed E-state index contributed by atoms with van der Waals surface area (Å²) in [7, 11) is 0. The summed E-state index contributed by atoms with van der Waals surface area (Å²) in [6.07, 6.45) is 1.09. The predicted octanol–water partition coefficient (Wildman–Crippen LogP) is 2.35. The molecular formula is C19H22N4O2. The molecule has 2 aromatic rings. The average Bonchev–Trinajstić information content (AvgIpc) is 3.37. The molecule has 0 aliphatic heterocycles. The fourth-order valence-electron chi connectivity index (χ4n) is 2.59. The number of nitrogens with one attached hydrogen (secondary N) is 2. The van der Waals surface area contributed by atoms with Gasteiger partial charge >= 0.3 is 0 Å². The summed E-state index contributed by atoms with van der Waals surface area (Å²) in [5, 5.41) is 14.7. The lowest BCUT2D eigenvalue weighted by Gasteiger charge is -2.08. The zero-order chi connectivity index (χ0) is 17.8. The highest BCUT2D eigenvalue weighted by atomic mass is 16.5. The Labute approximate surface area is 146 Å². The zero-order valence-electron chi connectivity index (χ0n) is 13.9. The second kappa shape index (κ2) is 7.25. The van der Waals surface area contributed by atoms with Gasteiger partial charge in [-0.05, 0) is 66.8 Å². The summed E-state index contributed by atoms with van der Waals surface area (Å²) in [5.74, 6) is 2.70. The summed E-state index contributed by atoms with van der Waals surface area (Å²) < 4.78 is 11.6. The largest absolute Gasteiger partial charge is 0.493 e. The number of nitrogens with two attached hydrogens (primary N) is 2. The first kappa shape index (κ1) is 16.8. The molecule has 1 aliphatic rings. The zero-order valence-corrected chi connectivity index (χ0v) is 13.9. The molecule has 2 aromatic carbocycles. The van der Waals surface area contributed by atoms with E-state index in [4.69, 9.17) is 31.8 Å². The van der Waals surface area contributed by atoms with E-state index in [-0.39, 0.29) is 11.7 Å². The lowest BCUT2D eigenvalue weighted by atomic mass is 10.2. The van der Waals surface area contributed by atoms with Crippen molar-refractivity contribution in [2.45, 2.75) is 6.42 Å². The molecule has 0 spiro atoms. The predicted molar refractivity (Wildman–Crippen MR) is 97.5 cm³/mol. The highest BCUT2D eigenvalue weighted by Gasteiger charge is 2.38. The van der Waals surface area contributed by atoms with Gasteiger partial charge in [0.05, 0.1) is 13.2 Å². The quantitative estimate of drug-likeness (QED) is 0.436. The van der Waals surface area contributed by atoms with E-state index in [0.29, 0.717) is 36.2 Å². The van der Waals surface area contributed by atoms with E-state index < -0.39 is 0 Å². The van der Waals surface area contributed by atoms with Crippen LogP contribution >= 0.6 is 0 Å². The molecule has 1 saturated carbocycles. The second-order valence-electron chi connectivity index (χ2n) is 6.25. The van der Waals surface area contributed by atoms with Crippen molar-refractivity contribution in [1.82, 2.24) is 0 Å². The molecule has 1 aliphatic carbocycles. The Morgan fingerprint density at radius 2 is 1.12 bits per heavy atom. The number of ether oxygens (including phenoxy) is 2. The molecule has 25 heavy (non-hydrogen) atoms. The first-order valence-electron chi connectivity index (χ1n) is 8.17. The van der Waals surface area contributed by atoms with Gasteiger partial charge in [-0.2, -0.15) is 0 Å². The SMILES string of the molecule is N=C(N)c1ccc(OC[C@H]2C[C@@H]2COc2ccc(C(=N)N)cc2)cc1. The minimum atomic E-state index is 0.0577. The van der Waals surface area contributed by atoms with Crippen molar-refractivity contribution < 1.29 is 9.47 Å². The van der Waals surface area contributed by atoms with E-state index in [1.165, 1.54) is 0 Å². The molecule has 1 fully saturated rings. The van der Waals surface area contributed by atoms with Crippen LogP contribution in [0.1, 0.15) is 17.5 Å². The number of rotatable bonds is 8. The fraction of sp³-hybridized carbons (Fsp3) is 0.263. The van der Waals surface area contributed by atoms with E-state index in [2.05, 4.69) is 0 Å². The van der Waals surface area contributed by atoms with Crippen LogP contribution in [0, 0.1) is 22.7 Å². The van der Waals surface area contributed by atoms with Crippen LogP contribution in [0.2, 0.25) is 0 Å². The van der Waals surface area contributed by atoms with Crippen molar-refractivity contribution in [3.8, 4) is 11.5 Å². The summed E-state index contributed by atoms with van der Waals surface area (Å²) >= 11 is 0. The molecular weight excluding hydrogens is 316 g/mol. The summed E-state index contributed by atoms with van der Waals surface area (Å²) in [6, 6.07) is 14.5. The Morgan fingerprint density at radius 1 is 0.760 bits per heavy atom.